The maximum absolute atomic E-state index is 10.7. The van der Waals surface area contributed by atoms with Crippen LogP contribution >= 0.6 is 0 Å². The summed E-state index contributed by atoms with van der Waals surface area (Å²) in [6.45, 7) is 1.91. The Morgan fingerprint density at radius 1 is 1.54 bits per heavy atom. The highest BCUT2D eigenvalue weighted by Gasteiger charge is 2.19. The van der Waals surface area contributed by atoms with Crippen molar-refractivity contribution in [2.24, 2.45) is 0 Å². The van der Waals surface area contributed by atoms with Gasteiger partial charge in [0.2, 0.25) is 0 Å². The summed E-state index contributed by atoms with van der Waals surface area (Å²) in [4.78, 5) is 20.7. The molecule has 3 heteroatoms. The van der Waals surface area contributed by atoms with E-state index in [0.29, 0.717) is 11.3 Å². The van der Waals surface area contributed by atoms with E-state index < -0.39 is 0 Å². The van der Waals surface area contributed by atoms with E-state index in [4.69, 9.17) is 9.78 Å². The molecule has 1 aromatic rings. The van der Waals surface area contributed by atoms with E-state index in [1.54, 1.807) is 18.2 Å². The third-order valence-electron chi connectivity index (χ3n) is 2.09. The fraction of sp³-hybridized carbons (Fsp3) is 0.300. The van der Waals surface area contributed by atoms with Gasteiger partial charge in [-0.3, -0.25) is 4.79 Å². The lowest BCUT2D eigenvalue weighted by molar-refractivity contribution is -0.249. The first-order valence-corrected chi connectivity index (χ1v) is 4.21. The molecule has 0 spiro atoms. The van der Waals surface area contributed by atoms with Crippen LogP contribution in [0.2, 0.25) is 0 Å². The van der Waals surface area contributed by atoms with E-state index >= 15 is 0 Å². The maximum Gasteiger partial charge on any atom is 0.169 e. The second kappa shape index (κ2) is 3.18. The van der Waals surface area contributed by atoms with Crippen molar-refractivity contribution in [3.8, 4) is 5.75 Å². The lowest BCUT2D eigenvalue weighted by Crippen LogP contribution is -2.21. The van der Waals surface area contributed by atoms with Gasteiger partial charge in [0, 0.05) is 17.5 Å². The van der Waals surface area contributed by atoms with Crippen LogP contribution in [0.1, 0.15) is 22.8 Å². The van der Waals surface area contributed by atoms with Crippen LogP contribution in [-0.4, -0.2) is 12.4 Å². The smallest absolute Gasteiger partial charge is 0.169 e. The molecular formula is C10H10O3. The maximum atomic E-state index is 10.7. The Kier molecular flexibility index (Phi) is 2.02. The quantitative estimate of drug-likeness (QED) is 0.485. The summed E-state index contributed by atoms with van der Waals surface area (Å²) in [5.41, 5.74) is 1.63. The molecule has 0 fully saturated rings. The van der Waals surface area contributed by atoms with Gasteiger partial charge in [-0.1, -0.05) is 12.1 Å². The van der Waals surface area contributed by atoms with Gasteiger partial charge in [-0.25, -0.2) is 0 Å². The number of carbonyl (C=O) groups excluding carboxylic acids is 1. The summed E-state index contributed by atoms with van der Waals surface area (Å²) in [6, 6.07) is 5.36. The molecule has 0 saturated carbocycles. The van der Waals surface area contributed by atoms with E-state index in [-0.39, 0.29) is 6.10 Å². The zero-order valence-electron chi connectivity index (χ0n) is 7.32. The number of rotatable bonds is 1. The summed E-state index contributed by atoms with van der Waals surface area (Å²) in [5, 5.41) is 0. The minimum Gasteiger partial charge on any atom is -0.337 e. The minimum atomic E-state index is 0.00796. The number of carbonyl (C=O) groups is 1. The highest BCUT2D eigenvalue weighted by Crippen LogP contribution is 2.27. The van der Waals surface area contributed by atoms with Gasteiger partial charge < -0.3 is 4.89 Å². The van der Waals surface area contributed by atoms with E-state index in [2.05, 4.69) is 0 Å². The number of hydrogen-bond acceptors (Lipinski definition) is 3. The average molecular weight is 178 g/mol. The predicted octanol–water partition coefficient (Wildman–Crippen LogP) is 1.75. The molecule has 0 radical (unpaired) electrons. The molecule has 0 aliphatic carbocycles. The van der Waals surface area contributed by atoms with E-state index in [1.807, 2.05) is 6.92 Å². The van der Waals surface area contributed by atoms with E-state index in [1.165, 1.54) is 0 Å². The first kappa shape index (κ1) is 8.26. The van der Waals surface area contributed by atoms with Gasteiger partial charge in [0.25, 0.3) is 0 Å². The molecule has 68 valence electrons. The molecule has 13 heavy (non-hydrogen) atoms. The first-order chi connectivity index (χ1) is 6.31. The summed E-state index contributed by atoms with van der Waals surface area (Å²) in [6.07, 6.45) is 1.58. The molecule has 0 amide bonds. The highest BCUT2D eigenvalue weighted by molar-refractivity contribution is 5.78. The van der Waals surface area contributed by atoms with Crippen LogP contribution in [0, 0.1) is 0 Å². The lowest BCUT2D eigenvalue weighted by atomic mass is 10.0. The molecule has 1 aromatic carbocycles. The fourth-order valence-corrected chi connectivity index (χ4v) is 1.44. The summed E-state index contributed by atoms with van der Waals surface area (Å²) in [5.74, 6) is 0.655. The second-order valence-electron chi connectivity index (χ2n) is 3.14. The zero-order valence-corrected chi connectivity index (χ0v) is 7.32. The van der Waals surface area contributed by atoms with Crippen LogP contribution in [0.4, 0.5) is 0 Å². The van der Waals surface area contributed by atoms with Crippen LogP contribution in [0.15, 0.2) is 18.2 Å². The van der Waals surface area contributed by atoms with Gasteiger partial charge in [-0.05, 0) is 13.0 Å². The second-order valence-corrected chi connectivity index (χ2v) is 3.14. The van der Waals surface area contributed by atoms with E-state index in [0.717, 1.165) is 18.3 Å². The molecule has 1 unspecified atom stereocenters. The third kappa shape index (κ3) is 1.42. The van der Waals surface area contributed by atoms with Crippen molar-refractivity contribution < 1.29 is 14.6 Å². The van der Waals surface area contributed by atoms with Crippen LogP contribution in [-0.2, 0) is 11.3 Å². The van der Waals surface area contributed by atoms with Gasteiger partial charge in [-0.2, -0.15) is 4.89 Å². The monoisotopic (exact) mass is 178 g/mol. The third-order valence-corrected chi connectivity index (χ3v) is 2.09. The molecule has 1 atom stereocenters. The van der Waals surface area contributed by atoms with Gasteiger partial charge in [0.05, 0.1) is 0 Å². The Hall–Kier alpha value is -1.35. The minimum absolute atomic E-state index is 0.00796. The number of hydrogen-bond donors (Lipinski definition) is 0. The van der Waals surface area contributed by atoms with Crippen LogP contribution < -0.4 is 4.89 Å². The SMILES string of the molecule is CC1Cc2c(C=O)cccc2OO1. The van der Waals surface area contributed by atoms with Gasteiger partial charge in [0.15, 0.2) is 5.75 Å². The van der Waals surface area contributed by atoms with Crippen molar-refractivity contribution in [3.63, 3.8) is 0 Å². The van der Waals surface area contributed by atoms with Crippen molar-refractivity contribution in [1.82, 2.24) is 0 Å². The molecule has 0 aromatic heterocycles. The fourth-order valence-electron chi connectivity index (χ4n) is 1.44. The Morgan fingerprint density at radius 2 is 2.38 bits per heavy atom. The molecule has 1 aliphatic heterocycles. The van der Waals surface area contributed by atoms with Crippen molar-refractivity contribution in [2.45, 2.75) is 19.4 Å². The van der Waals surface area contributed by atoms with Gasteiger partial charge in [0.1, 0.15) is 12.4 Å². The molecule has 1 heterocycles. The first-order valence-electron chi connectivity index (χ1n) is 4.21. The van der Waals surface area contributed by atoms with E-state index in [9.17, 15) is 4.79 Å². The van der Waals surface area contributed by atoms with Crippen molar-refractivity contribution in [2.75, 3.05) is 0 Å². The standard InChI is InChI=1S/C10H10O3/c1-7-5-9-8(6-11)3-2-4-10(9)13-12-7/h2-4,6-7H,5H2,1H3. The molecule has 3 nitrogen and oxygen atoms in total. The molecule has 2 rings (SSSR count). The Morgan fingerprint density at radius 3 is 3.15 bits per heavy atom. The largest absolute Gasteiger partial charge is 0.337 e. The van der Waals surface area contributed by atoms with Gasteiger partial charge in [-0.15, -0.1) is 0 Å². The Labute approximate surface area is 76.2 Å². The molecule has 0 bridgehead atoms. The van der Waals surface area contributed by atoms with Crippen molar-refractivity contribution >= 4 is 6.29 Å². The molecular weight excluding hydrogens is 168 g/mol. The van der Waals surface area contributed by atoms with Crippen LogP contribution in [0.25, 0.3) is 0 Å². The molecule has 0 N–H and O–H groups in total. The van der Waals surface area contributed by atoms with Crippen molar-refractivity contribution in [1.29, 1.82) is 0 Å². The number of aldehydes is 1. The average Bonchev–Trinajstić information content (AvgIpc) is 2.17. The van der Waals surface area contributed by atoms with Crippen LogP contribution in [0.3, 0.4) is 0 Å². The summed E-state index contributed by atoms with van der Waals surface area (Å²) < 4.78 is 0. The van der Waals surface area contributed by atoms with Crippen LogP contribution in [0.5, 0.6) is 5.75 Å². The molecule has 0 saturated heterocycles. The Bertz CT molecular complexity index is 333. The lowest BCUT2D eigenvalue weighted by Gasteiger charge is -2.21. The van der Waals surface area contributed by atoms with Gasteiger partial charge >= 0.3 is 0 Å². The van der Waals surface area contributed by atoms with Crippen molar-refractivity contribution in [3.05, 3.63) is 29.3 Å². The zero-order chi connectivity index (χ0) is 9.26. The number of benzene rings is 1. The predicted molar refractivity (Wildman–Crippen MR) is 46.7 cm³/mol. The topological polar surface area (TPSA) is 35.5 Å². The highest BCUT2D eigenvalue weighted by atomic mass is 17.2. The Balaban J connectivity index is 2.46. The molecule has 1 aliphatic rings. The summed E-state index contributed by atoms with van der Waals surface area (Å²) in [7, 11) is 0. The number of fused-ring (bicyclic) bond motifs is 1. The summed E-state index contributed by atoms with van der Waals surface area (Å²) >= 11 is 0. The normalized spacial score (nSPS) is 20.2.